The Hall–Kier alpha value is -1.01. The monoisotopic (exact) mass is 291 g/mol. The highest BCUT2D eigenvalue weighted by atomic mass is 35.5. The number of nitrogens with zero attached hydrogens (tertiary/aromatic N) is 1. The molecule has 0 aromatic heterocycles. The smallest absolute Gasteiger partial charge is 0.407 e. The first-order chi connectivity index (χ1) is 8.61. The number of methoxy groups -OCH3 is 1. The van der Waals surface area contributed by atoms with Gasteiger partial charge in [0.2, 0.25) is 5.91 Å². The molecule has 1 atom stereocenters. The van der Waals surface area contributed by atoms with Crippen LogP contribution in [0.1, 0.15) is 32.1 Å². The minimum Gasteiger partial charge on any atom is -0.453 e. The fraction of sp³-hybridized carbons (Fsp3) is 0.833. The number of rotatable bonds is 2. The van der Waals surface area contributed by atoms with E-state index >= 15 is 0 Å². The van der Waals surface area contributed by atoms with Gasteiger partial charge in [0, 0.05) is 18.6 Å². The largest absolute Gasteiger partial charge is 0.453 e. The van der Waals surface area contributed by atoms with Crippen molar-refractivity contribution in [1.82, 2.24) is 10.2 Å². The second-order valence-electron chi connectivity index (χ2n) is 5.08. The third-order valence-electron chi connectivity index (χ3n) is 3.90. The number of hydrogen-bond acceptors (Lipinski definition) is 4. The van der Waals surface area contributed by atoms with Crippen LogP contribution in [0.15, 0.2) is 0 Å². The first-order valence-electron chi connectivity index (χ1n) is 6.52. The molecule has 0 bridgehead atoms. The Bertz CT molecular complexity index is 332. The number of carbonyl (C=O) groups excluding carboxylic acids is 2. The van der Waals surface area contributed by atoms with Gasteiger partial charge in [0.15, 0.2) is 0 Å². The van der Waals surface area contributed by atoms with E-state index in [0.717, 1.165) is 25.7 Å². The van der Waals surface area contributed by atoms with E-state index in [1.165, 1.54) is 7.11 Å². The maximum atomic E-state index is 12.2. The Morgan fingerprint density at radius 2 is 1.95 bits per heavy atom. The Kier molecular flexibility index (Phi) is 5.87. The molecule has 0 spiro atoms. The van der Waals surface area contributed by atoms with Crippen LogP contribution in [-0.4, -0.2) is 48.7 Å². The number of amides is 2. The lowest BCUT2D eigenvalue weighted by molar-refractivity contribution is -0.131. The molecule has 2 rings (SSSR count). The second-order valence-corrected chi connectivity index (χ2v) is 5.08. The minimum absolute atomic E-state index is 0. The minimum atomic E-state index is -0.541. The van der Waals surface area contributed by atoms with Crippen molar-refractivity contribution in [2.75, 3.05) is 13.7 Å². The van der Waals surface area contributed by atoms with Crippen LogP contribution in [0, 0.1) is 0 Å². The first kappa shape index (κ1) is 16.0. The summed E-state index contributed by atoms with van der Waals surface area (Å²) in [6.45, 7) is 0.716. The Morgan fingerprint density at radius 1 is 1.32 bits per heavy atom. The van der Waals surface area contributed by atoms with E-state index < -0.39 is 12.1 Å². The number of halogens is 1. The second kappa shape index (κ2) is 6.96. The van der Waals surface area contributed by atoms with Gasteiger partial charge in [0.05, 0.1) is 7.11 Å². The summed E-state index contributed by atoms with van der Waals surface area (Å²) in [5.41, 5.74) is 5.86. The van der Waals surface area contributed by atoms with Gasteiger partial charge >= 0.3 is 6.09 Å². The van der Waals surface area contributed by atoms with Crippen molar-refractivity contribution in [1.29, 1.82) is 0 Å². The highest BCUT2D eigenvalue weighted by molar-refractivity contribution is 5.87. The summed E-state index contributed by atoms with van der Waals surface area (Å²) in [7, 11) is 1.30. The lowest BCUT2D eigenvalue weighted by Gasteiger charge is -2.33. The van der Waals surface area contributed by atoms with Gasteiger partial charge in [-0.15, -0.1) is 12.4 Å². The normalized spacial score (nSPS) is 30.7. The lowest BCUT2D eigenvalue weighted by atomic mass is 9.91. The van der Waals surface area contributed by atoms with Gasteiger partial charge in [-0.3, -0.25) is 4.79 Å². The molecule has 1 aliphatic carbocycles. The van der Waals surface area contributed by atoms with Gasteiger partial charge in [0.1, 0.15) is 6.04 Å². The summed E-state index contributed by atoms with van der Waals surface area (Å²) in [4.78, 5) is 25.2. The van der Waals surface area contributed by atoms with Crippen LogP contribution >= 0.6 is 12.4 Å². The zero-order chi connectivity index (χ0) is 13.1. The molecule has 0 aromatic rings. The topological polar surface area (TPSA) is 84.7 Å². The molecule has 7 heteroatoms. The standard InChI is InChI=1S/C12H21N3O3.ClH/c1-18-12(17)14-10-6-7-15(11(10)16)9-4-2-8(13)3-5-9;/h8-10H,2-7,13H2,1H3,(H,14,17);1H/t8?,9?,10-;/m0./s1. The molecule has 1 heterocycles. The van der Waals surface area contributed by atoms with E-state index in [-0.39, 0.29) is 24.4 Å². The summed E-state index contributed by atoms with van der Waals surface area (Å²) >= 11 is 0. The molecule has 110 valence electrons. The average Bonchev–Trinajstić information content (AvgIpc) is 2.72. The van der Waals surface area contributed by atoms with Crippen molar-refractivity contribution >= 4 is 24.4 Å². The highest BCUT2D eigenvalue weighted by Crippen LogP contribution is 2.26. The van der Waals surface area contributed by atoms with Crippen molar-refractivity contribution in [3.63, 3.8) is 0 Å². The predicted molar refractivity (Wildman–Crippen MR) is 73.1 cm³/mol. The fourth-order valence-corrected chi connectivity index (χ4v) is 2.81. The number of hydrogen-bond donors (Lipinski definition) is 2. The molecular weight excluding hydrogens is 270 g/mol. The quantitative estimate of drug-likeness (QED) is 0.782. The molecule has 1 aliphatic heterocycles. The van der Waals surface area contributed by atoms with Gasteiger partial charge in [-0.2, -0.15) is 0 Å². The van der Waals surface area contributed by atoms with Crippen LogP contribution in [0.4, 0.5) is 4.79 Å². The van der Waals surface area contributed by atoms with Crippen LogP contribution in [0.3, 0.4) is 0 Å². The predicted octanol–water partition coefficient (Wildman–Crippen LogP) is 0.635. The Morgan fingerprint density at radius 3 is 2.53 bits per heavy atom. The number of likely N-dealkylation sites (tertiary alicyclic amines) is 1. The van der Waals surface area contributed by atoms with E-state index in [2.05, 4.69) is 10.1 Å². The molecule has 0 aromatic carbocycles. The SMILES string of the molecule is COC(=O)N[C@H]1CCN(C2CCC(N)CC2)C1=O.Cl. The third-order valence-corrected chi connectivity index (χ3v) is 3.90. The number of carbonyl (C=O) groups is 2. The van der Waals surface area contributed by atoms with Crippen LogP contribution in [-0.2, 0) is 9.53 Å². The molecule has 2 amide bonds. The Labute approximate surface area is 119 Å². The van der Waals surface area contributed by atoms with Crippen LogP contribution < -0.4 is 11.1 Å². The summed E-state index contributed by atoms with van der Waals surface area (Å²) < 4.78 is 4.52. The summed E-state index contributed by atoms with van der Waals surface area (Å²) in [5, 5.41) is 2.58. The van der Waals surface area contributed by atoms with Crippen LogP contribution in [0.2, 0.25) is 0 Å². The van der Waals surface area contributed by atoms with Crippen molar-refractivity contribution < 1.29 is 14.3 Å². The van der Waals surface area contributed by atoms with Gasteiger partial charge < -0.3 is 20.7 Å². The molecule has 0 unspecified atom stereocenters. The van der Waals surface area contributed by atoms with Crippen molar-refractivity contribution in [2.45, 2.75) is 50.2 Å². The van der Waals surface area contributed by atoms with E-state index in [1.54, 1.807) is 0 Å². The van der Waals surface area contributed by atoms with E-state index in [9.17, 15) is 9.59 Å². The molecule has 19 heavy (non-hydrogen) atoms. The Balaban J connectivity index is 0.00000180. The maximum Gasteiger partial charge on any atom is 0.407 e. The molecule has 6 nitrogen and oxygen atoms in total. The summed E-state index contributed by atoms with van der Waals surface area (Å²) in [5.74, 6) is 0.0147. The molecule has 1 saturated heterocycles. The van der Waals surface area contributed by atoms with E-state index in [4.69, 9.17) is 5.73 Å². The summed E-state index contributed by atoms with van der Waals surface area (Å²) in [6.07, 6.45) is 4.01. The molecule has 3 N–H and O–H groups in total. The van der Waals surface area contributed by atoms with E-state index in [0.29, 0.717) is 19.0 Å². The molecule has 0 radical (unpaired) electrons. The van der Waals surface area contributed by atoms with Crippen LogP contribution in [0.5, 0.6) is 0 Å². The number of ether oxygens (including phenoxy) is 1. The number of nitrogens with two attached hydrogens (primary N) is 1. The van der Waals surface area contributed by atoms with Gasteiger partial charge in [-0.05, 0) is 32.1 Å². The first-order valence-corrected chi connectivity index (χ1v) is 6.52. The van der Waals surface area contributed by atoms with Gasteiger partial charge in [-0.25, -0.2) is 4.79 Å². The van der Waals surface area contributed by atoms with E-state index in [1.807, 2.05) is 4.90 Å². The molecule has 2 aliphatic rings. The number of alkyl carbamates (subject to hydrolysis) is 1. The highest BCUT2D eigenvalue weighted by Gasteiger charge is 2.37. The lowest BCUT2D eigenvalue weighted by Crippen LogP contribution is -2.46. The van der Waals surface area contributed by atoms with Crippen molar-refractivity contribution in [3.8, 4) is 0 Å². The van der Waals surface area contributed by atoms with Gasteiger partial charge in [0.25, 0.3) is 0 Å². The van der Waals surface area contributed by atoms with Crippen LogP contribution in [0.25, 0.3) is 0 Å². The van der Waals surface area contributed by atoms with Crippen molar-refractivity contribution in [3.05, 3.63) is 0 Å². The average molecular weight is 292 g/mol. The zero-order valence-corrected chi connectivity index (χ0v) is 11.9. The zero-order valence-electron chi connectivity index (χ0n) is 11.1. The number of nitrogens with one attached hydrogen (secondary N) is 1. The maximum absolute atomic E-state index is 12.2. The van der Waals surface area contributed by atoms with Gasteiger partial charge in [-0.1, -0.05) is 0 Å². The molecule has 1 saturated carbocycles. The molecular formula is C12H22ClN3O3. The molecule has 2 fully saturated rings. The third kappa shape index (κ3) is 3.73. The van der Waals surface area contributed by atoms with Crippen molar-refractivity contribution in [2.24, 2.45) is 5.73 Å². The fourth-order valence-electron chi connectivity index (χ4n) is 2.81. The summed E-state index contributed by atoms with van der Waals surface area (Å²) in [6, 6.07) is 0.151.